The van der Waals surface area contributed by atoms with Crippen molar-refractivity contribution in [3.63, 3.8) is 0 Å². The van der Waals surface area contributed by atoms with Gasteiger partial charge < -0.3 is 0 Å². The molecular weight excluding hydrogens is 230 g/mol. The Morgan fingerprint density at radius 2 is 1.78 bits per heavy atom. The number of hydrogen-bond donors (Lipinski definition) is 0. The first kappa shape index (κ1) is 13.0. The van der Waals surface area contributed by atoms with Crippen molar-refractivity contribution in [2.45, 2.75) is 32.6 Å². The quantitative estimate of drug-likeness (QED) is 0.516. The lowest BCUT2D eigenvalue weighted by Crippen LogP contribution is -2.29. The lowest BCUT2D eigenvalue weighted by atomic mass is 9.71. The van der Waals surface area contributed by atoms with Gasteiger partial charge in [0.05, 0.1) is 0 Å². The van der Waals surface area contributed by atoms with Crippen LogP contribution in [0.25, 0.3) is 0 Å². The molecule has 0 aromatic heterocycles. The van der Waals surface area contributed by atoms with Crippen LogP contribution in [0, 0.1) is 11.7 Å². The Morgan fingerprint density at radius 1 is 1.17 bits per heavy atom. The van der Waals surface area contributed by atoms with Crippen LogP contribution in [0.2, 0.25) is 0 Å². The van der Waals surface area contributed by atoms with Crippen LogP contribution >= 0.6 is 0 Å². The van der Waals surface area contributed by atoms with Gasteiger partial charge in [0.25, 0.3) is 0 Å². The van der Waals surface area contributed by atoms with Crippen LogP contribution in [0.3, 0.4) is 0 Å². The first-order valence-corrected chi connectivity index (χ1v) is 6.25. The third kappa shape index (κ3) is 1.80. The highest BCUT2D eigenvalue weighted by molar-refractivity contribution is 6.46. The van der Waals surface area contributed by atoms with Crippen molar-refractivity contribution in [1.82, 2.24) is 0 Å². The predicted octanol–water partition coefficient (Wildman–Crippen LogP) is 1.90. The summed E-state index contributed by atoms with van der Waals surface area (Å²) in [6, 6.07) is 2.60. The van der Waals surface area contributed by atoms with Gasteiger partial charge >= 0.3 is 0 Å². The summed E-state index contributed by atoms with van der Waals surface area (Å²) in [6.45, 7) is 4.00. The minimum absolute atomic E-state index is 0.0704. The number of carbonyl (C=O) groups excluding carboxylic acids is 2. The third-order valence-electron chi connectivity index (χ3n) is 3.59. The van der Waals surface area contributed by atoms with E-state index in [1.54, 1.807) is 0 Å². The lowest BCUT2D eigenvalue weighted by Gasteiger charge is -2.31. The molecule has 0 heterocycles. The van der Waals surface area contributed by atoms with Gasteiger partial charge in [-0.05, 0) is 30.4 Å². The normalized spacial score (nSPS) is 24.4. The fourth-order valence-electron chi connectivity index (χ4n) is 2.54. The van der Waals surface area contributed by atoms with E-state index < -0.39 is 11.6 Å². The van der Waals surface area contributed by atoms with Crippen LogP contribution < -0.4 is 5.46 Å². The molecule has 0 unspecified atom stereocenters. The van der Waals surface area contributed by atoms with Crippen LogP contribution in [-0.2, 0) is 4.79 Å². The van der Waals surface area contributed by atoms with Crippen LogP contribution in [0.4, 0.5) is 4.39 Å². The summed E-state index contributed by atoms with van der Waals surface area (Å²) in [5.74, 6) is -1.38. The fraction of sp³-hybridized carbons (Fsp3) is 0.429. The molecular formula is C14H14BFO2. The molecule has 2 radical (unpaired) electrons. The summed E-state index contributed by atoms with van der Waals surface area (Å²) in [5.41, 5.74) is 0.881. The van der Waals surface area contributed by atoms with Gasteiger partial charge in [-0.25, -0.2) is 4.39 Å². The van der Waals surface area contributed by atoms with E-state index in [4.69, 9.17) is 7.85 Å². The minimum Gasteiger partial charge on any atom is -0.290 e. The highest BCUT2D eigenvalue weighted by Crippen LogP contribution is 2.46. The van der Waals surface area contributed by atoms with Gasteiger partial charge in [-0.2, -0.15) is 0 Å². The number of Topliss-reactive ketones (excluding diaryl/α,β-unsaturated/α-hetero) is 2. The first-order chi connectivity index (χ1) is 8.58. The Hall–Kier alpha value is -1.45. The molecule has 92 valence electrons. The number of hydrogen-bond acceptors (Lipinski definition) is 2. The van der Waals surface area contributed by atoms with Gasteiger partial charge in [0.15, 0.2) is 0 Å². The molecule has 1 aromatic carbocycles. The van der Waals surface area contributed by atoms with E-state index in [1.807, 2.05) is 13.8 Å². The standard InChI is InChI=1S/C12H8BFO2.C2H6/c13-9-3-8-7(4-10(9)14)5-1-6(2-5)11(15)12(8)16;1-2/h3-6H,1-2H2;1-2H3. The predicted molar refractivity (Wildman–Crippen MR) is 67.9 cm³/mol. The number of fused-ring (bicyclic) bond motifs is 1. The molecule has 0 aliphatic heterocycles. The van der Waals surface area contributed by atoms with Gasteiger partial charge in [0.2, 0.25) is 11.6 Å². The average Bonchev–Trinajstić information content (AvgIpc) is 2.46. The van der Waals surface area contributed by atoms with Gasteiger partial charge in [-0.1, -0.05) is 25.4 Å². The van der Waals surface area contributed by atoms with E-state index in [2.05, 4.69) is 0 Å². The van der Waals surface area contributed by atoms with Gasteiger partial charge in [-0.3, -0.25) is 9.59 Å². The SMILES string of the molecule is CC.[B]c1cc2c(cc1F)C1CC(C1)C(=O)C2=O. The summed E-state index contributed by atoms with van der Waals surface area (Å²) in [4.78, 5) is 23.5. The van der Waals surface area contributed by atoms with E-state index >= 15 is 0 Å². The van der Waals surface area contributed by atoms with Gasteiger partial charge in [-0.15, -0.1) is 0 Å². The molecule has 0 N–H and O–H groups in total. The zero-order chi connectivity index (χ0) is 13.4. The van der Waals surface area contributed by atoms with Crippen molar-refractivity contribution in [2.24, 2.45) is 5.92 Å². The molecule has 1 saturated carbocycles. The first-order valence-electron chi connectivity index (χ1n) is 6.25. The second kappa shape index (κ2) is 4.67. The average molecular weight is 244 g/mol. The number of benzene rings is 1. The minimum atomic E-state index is -0.510. The Kier molecular flexibility index (Phi) is 3.37. The number of carbonyl (C=O) groups is 2. The largest absolute Gasteiger partial charge is 0.290 e. The number of ketones is 2. The van der Waals surface area contributed by atoms with Crippen molar-refractivity contribution >= 4 is 24.9 Å². The van der Waals surface area contributed by atoms with Crippen LogP contribution in [-0.4, -0.2) is 19.4 Å². The highest BCUT2D eigenvalue weighted by Gasteiger charge is 2.44. The Labute approximate surface area is 107 Å². The topological polar surface area (TPSA) is 34.1 Å². The molecule has 0 atom stereocenters. The second-order valence-corrected chi connectivity index (χ2v) is 4.52. The van der Waals surface area contributed by atoms with Gasteiger partial charge in [0, 0.05) is 11.5 Å². The molecule has 3 aliphatic rings. The van der Waals surface area contributed by atoms with Crippen molar-refractivity contribution in [1.29, 1.82) is 0 Å². The molecule has 3 aliphatic carbocycles. The van der Waals surface area contributed by atoms with Gasteiger partial charge in [0.1, 0.15) is 13.7 Å². The maximum Gasteiger partial charge on any atom is 0.229 e. The second-order valence-electron chi connectivity index (χ2n) is 4.52. The maximum atomic E-state index is 13.3. The molecule has 4 rings (SSSR count). The molecule has 2 nitrogen and oxygen atoms in total. The van der Waals surface area contributed by atoms with E-state index in [1.165, 1.54) is 12.1 Å². The molecule has 0 amide bonds. The molecule has 18 heavy (non-hydrogen) atoms. The monoisotopic (exact) mass is 244 g/mol. The summed E-state index contributed by atoms with van der Waals surface area (Å²) in [7, 11) is 5.42. The zero-order valence-corrected chi connectivity index (χ0v) is 10.5. The molecule has 0 spiro atoms. The fourth-order valence-corrected chi connectivity index (χ4v) is 2.54. The third-order valence-corrected chi connectivity index (χ3v) is 3.59. The summed E-state index contributed by atoms with van der Waals surface area (Å²) >= 11 is 0. The van der Waals surface area contributed by atoms with E-state index in [0.29, 0.717) is 24.0 Å². The number of rotatable bonds is 0. The Balaban J connectivity index is 0.000000574. The molecule has 0 saturated heterocycles. The Bertz CT molecular complexity index is 519. The van der Waals surface area contributed by atoms with E-state index in [0.717, 1.165) is 0 Å². The van der Waals surface area contributed by atoms with E-state index in [-0.39, 0.29) is 23.1 Å². The smallest absolute Gasteiger partial charge is 0.229 e. The van der Waals surface area contributed by atoms with Crippen molar-refractivity contribution in [3.05, 3.63) is 29.1 Å². The highest BCUT2D eigenvalue weighted by atomic mass is 19.1. The van der Waals surface area contributed by atoms with Crippen molar-refractivity contribution in [2.75, 3.05) is 0 Å². The van der Waals surface area contributed by atoms with Crippen LogP contribution in [0.5, 0.6) is 0 Å². The summed E-state index contributed by atoms with van der Waals surface area (Å²) in [6.07, 6.45) is 1.34. The summed E-state index contributed by atoms with van der Waals surface area (Å²) < 4.78 is 13.3. The molecule has 4 heteroatoms. The Morgan fingerprint density at radius 3 is 2.39 bits per heavy atom. The van der Waals surface area contributed by atoms with Crippen molar-refractivity contribution in [3.8, 4) is 0 Å². The zero-order valence-electron chi connectivity index (χ0n) is 10.5. The van der Waals surface area contributed by atoms with Crippen LogP contribution in [0.1, 0.15) is 48.5 Å². The lowest BCUT2D eigenvalue weighted by molar-refractivity contribution is -0.121. The maximum absolute atomic E-state index is 13.3. The number of halogens is 1. The van der Waals surface area contributed by atoms with Crippen molar-refractivity contribution < 1.29 is 14.0 Å². The molecule has 1 fully saturated rings. The summed E-state index contributed by atoms with van der Waals surface area (Å²) in [5, 5.41) is 0. The molecule has 2 bridgehead atoms. The van der Waals surface area contributed by atoms with Crippen LogP contribution in [0.15, 0.2) is 12.1 Å². The molecule has 1 aromatic rings. The van der Waals surface area contributed by atoms with E-state index in [9.17, 15) is 14.0 Å².